The van der Waals surface area contributed by atoms with E-state index >= 15 is 0 Å². The van der Waals surface area contributed by atoms with Crippen LogP contribution in [-0.2, 0) is 4.79 Å². The Kier molecular flexibility index (Phi) is 4.42. The number of carbonyl (C=O) groups is 1. The van der Waals surface area contributed by atoms with E-state index in [1.54, 1.807) is 0 Å². The molecule has 1 aliphatic rings. The summed E-state index contributed by atoms with van der Waals surface area (Å²) in [6, 6.07) is 0. The van der Waals surface area contributed by atoms with Gasteiger partial charge in [0.15, 0.2) is 0 Å². The predicted molar refractivity (Wildman–Crippen MR) is 77.8 cm³/mol. The molecule has 0 spiro atoms. The molecule has 0 atom stereocenters. The molecule has 1 fully saturated rings. The highest BCUT2D eigenvalue weighted by molar-refractivity contribution is 6.18. The van der Waals surface area contributed by atoms with Gasteiger partial charge < -0.3 is 5.32 Å². The number of nitrogens with one attached hydrogen (secondary N) is 1. The summed E-state index contributed by atoms with van der Waals surface area (Å²) in [6.07, 6.45) is 2.01. The van der Waals surface area contributed by atoms with Gasteiger partial charge in [0.1, 0.15) is 0 Å². The first-order valence-corrected chi connectivity index (χ1v) is 7.55. The van der Waals surface area contributed by atoms with E-state index in [9.17, 15) is 4.79 Å². The fourth-order valence-electron chi connectivity index (χ4n) is 2.96. The highest BCUT2D eigenvalue weighted by Gasteiger charge is 2.68. The molecule has 1 saturated carbocycles. The van der Waals surface area contributed by atoms with Crippen LogP contribution in [-0.4, -0.2) is 18.3 Å². The van der Waals surface area contributed by atoms with Crippen molar-refractivity contribution >= 4 is 17.5 Å². The first kappa shape index (κ1) is 15.8. The standard InChI is InChI=1S/C15H28ClNO/c1-7-15(8-2,9-16)10-17-12(18)11-13(3,4)14(11,5)6/h11H,7-10H2,1-6H3,(H,17,18). The van der Waals surface area contributed by atoms with Crippen LogP contribution in [0.1, 0.15) is 54.4 Å². The summed E-state index contributed by atoms with van der Waals surface area (Å²) in [5, 5.41) is 3.13. The van der Waals surface area contributed by atoms with E-state index in [1.807, 2.05) is 0 Å². The Morgan fingerprint density at radius 3 is 1.89 bits per heavy atom. The van der Waals surface area contributed by atoms with Crippen LogP contribution in [0, 0.1) is 22.2 Å². The van der Waals surface area contributed by atoms with Crippen LogP contribution in [0.4, 0.5) is 0 Å². The molecule has 0 heterocycles. The van der Waals surface area contributed by atoms with Gasteiger partial charge in [-0.05, 0) is 23.7 Å². The van der Waals surface area contributed by atoms with Crippen LogP contribution in [0.25, 0.3) is 0 Å². The van der Waals surface area contributed by atoms with E-state index in [4.69, 9.17) is 11.6 Å². The van der Waals surface area contributed by atoms with Crippen molar-refractivity contribution in [1.82, 2.24) is 5.32 Å². The molecule has 0 aromatic heterocycles. The van der Waals surface area contributed by atoms with Crippen molar-refractivity contribution in [3.05, 3.63) is 0 Å². The van der Waals surface area contributed by atoms with E-state index in [2.05, 4.69) is 46.9 Å². The van der Waals surface area contributed by atoms with Crippen molar-refractivity contribution in [2.45, 2.75) is 54.4 Å². The summed E-state index contributed by atoms with van der Waals surface area (Å²) in [7, 11) is 0. The molecular weight excluding hydrogens is 246 g/mol. The molecule has 0 bridgehead atoms. The summed E-state index contributed by atoms with van der Waals surface area (Å²) in [4.78, 5) is 12.3. The van der Waals surface area contributed by atoms with Gasteiger partial charge in [-0.2, -0.15) is 0 Å². The monoisotopic (exact) mass is 273 g/mol. The smallest absolute Gasteiger partial charge is 0.224 e. The van der Waals surface area contributed by atoms with Crippen molar-refractivity contribution in [3.8, 4) is 0 Å². The molecule has 0 aliphatic heterocycles. The van der Waals surface area contributed by atoms with Gasteiger partial charge >= 0.3 is 0 Å². The van der Waals surface area contributed by atoms with Crippen LogP contribution < -0.4 is 5.32 Å². The number of rotatable bonds is 6. The molecule has 106 valence electrons. The molecule has 0 saturated heterocycles. The fraction of sp³-hybridized carbons (Fsp3) is 0.933. The van der Waals surface area contributed by atoms with Gasteiger partial charge in [-0.3, -0.25) is 4.79 Å². The number of carbonyl (C=O) groups excluding carboxylic acids is 1. The normalized spacial score (nSPS) is 21.7. The lowest BCUT2D eigenvalue weighted by molar-refractivity contribution is -0.124. The second kappa shape index (κ2) is 5.03. The molecule has 1 N–H and O–H groups in total. The van der Waals surface area contributed by atoms with Crippen LogP contribution in [0.5, 0.6) is 0 Å². The summed E-state index contributed by atoms with van der Waals surface area (Å²) in [5.41, 5.74) is 0.276. The maximum atomic E-state index is 12.3. The van der Waals surface area contributed by atoms with Crippen molar-refractivity contribution in [2.75, 3.05) is 12.4 Å². The average Bonchev–Trinajstić information content (AvgIpc) is 2.72. The lowest BCUT2D eigenvalue weighted by Gasteiger charge is -2.29. The largest absolute Gasteiger partial charge is 0.355 e. The molecule has 0 unspecified atom stereocenters. The molecule has 0 aromatic carbocycles. The van der Waals surface area contributed by atoms with Gasteiger partial charge in [0.25, 0.3) is 0 Å². The molecule has 2 nitrogen and oxygen atoms in total. The third-order valence-electron chi connectivity index (χ3n) is 5.70. The molecule has 1 amide bonds. The second-order valence-electron chi connectivity index (χ2n) is 6.93. The highest BCUT2D eigenvalue weighted by atomic mass is 35.5. The minimum Gasteiger partial charge on any atom is -0.355 e. The first-order valence-electron chi connectivity index (χ1n) is 7.02. The van der Waals surface area contributed by atoms with Gasteiger partial charge in [0.2, 0.25) is 5.91 Å². The zero-order valence-corrected chi connectivity index (χ0v) is 13.4. The molecule has 1 aliphatic carbocycles. The SMILES string of the molecule is CCC(CC)(CCl)CNC(=O)C1C(C)(C)C1(C)C. The maximum absolute atomic E-state index is 12.3. The van der Waals surface area contributed by atoms with Gasteiger partial charge in [-0.15, -0.1) is 11.6 Å². The Morgan fingerprint density at radius 1 is 1.17 bits per heavy atom. The summed E-state index contributed by atoms with van der Waals surface area (Å²) in [5.74, 6) is 0.936. The number of amides is 1. The van der Waals surface area contributed by atoms with Gasteiger partial charge in [-0.25, -0.2) is 0 Å². The molecule has 1 rings (SSSR count). The van der Waals surface area contributed by atoms with Crippen LogP contribution >= 0.6 is 11.6 Å². The van der Waals surface area contributed by atoms with Crippen molar-refractivity contribution < 1.29 is 4.79 Å². The minimum atomic E-state index is 0.0559. The van der Waals surface area contributed by atoms with Gasteiger partial charge in [0, 0.05) is 23.8 Å². The molecule has 0 aromatic rings. The number of hydrogen-bond donors (Lipinski definition) is 1. The Bertz CT molecular complexity index is 296. The second-order valence-corrected chi connectivity index (χ2v) is 7.20. The van der Waals surface area contributed by atoms with Crippen molar-refractivity contribution in [3.63, 3.8) is 0 Å². The van der Waals surface area contributed by atoms with Crippen LogP contribution in [0.3, 0.4) is 0 Å². The van der Waals surface area contributed by atoms with E-state index in [0.717, 1.165) is 12.8 Å². The molecule has 3 heteroatoms. The van der Waals surface area contributed by atoms with Crippen LogP contribution in [0.15, 0.2) is 0 Å². The Hall–Kier alpha value is -0.240. The quantitative estimate of drug-likeness (QED) is 0.732. The van der Waals surface area contributed by atoms with Gasteiger partial charge in [-0.1, -0.05) is 41.5 Å². The molecule has 0 radical (unpaired) electrons. The van der Waals surface area contributed by atoms with Crippen LogP contribution in [0.2, 0.25) is 0 Å². The Balaban J connectivity index is 2.58. The summed E-state index contributed by atoms with van der Waals surface area (Å²) >= 11 is 6.06. The zero-order chi connectivity index (χ0) is 14.2. The van der Waals surface area contributed by atoms with E-state index in [0.29, 0.717) is 12.4 Å². The number of hydrogen-bond acceptors (Lipinski definition) is 1. The highest BCUT2D eigenvalue weighted by Crippen LogP contribution is 2.68. The Morgan fingerprint density at radius 2 is 1.61 bits per heavy atom. The summed E-state index contributed by atoms with van der Waals surface area (Å²) < 4.78 is 0. The van der Waals surface area contributed by atoms with Gasteiger partial charge in [0.05, 0.1) is 0 Å². The topological polar surface area (TPSA) is 29.1 Å². The number of halogens is 1. The first-order chi connectivity index (χ1) is 8.18. The maximum Gasteiger partial charge on any atom is 0.224 e. The number of alkyl halides is 1. The minimum absolute atomic E-state index is 0.0559. The predicted octanol–water partition coefficient (Wildman–Crippen LogP) is 3.83. The lowest BCUT2D eigenvalue weighted by Crippen LogP contribution is -2.39. The molecule has 18 heavy (non-hydrogen) atoms. The zero-order valence-electron chi connectivity index (χ0n) is 12.7. The molecular formula is C15H28ClNO. The lowest BCUT2D eigenvalue weighted by atomic mass is 9.84. The van der Waals surface area contributed by atoms with E-state index in [1.165, 1.54) is 0 Å². The van der Waals surface area contributed by atoms with Crippen molar-refractivity contribution in [1.29, 1.82) is 0 Å². The average molecular weight is 274 g/mol. The van der Waals surface area contributed by atoms with E-state index < -0.39 is 0 Å². The fourth-order valence-corrected chi connectivity index (χ4v) is 3.44. The third kappa shape index (κ3) is 2.41. The van der Waals surface area contributed by atoms with Crippen molar-refractivity contribution in [2.24, 2.45) is 22.2 Å². The Labute approximate surface area is 117 Å². The summed E-state index contributed by atoms with van der Waals surface area (Å²) in [6.45, 7) is 13.7. The third-order valence-corrected chi connectivity index (χ3v) is 6.27. The van der Waals surface area contributed by atoms with E-state index in [-0.39, 0.29) is 28.1 Å².